The fourth-order valence-electron chi connectivity index (χ4n) is 3.34. The van der Waals surface area contributed by atoms with Crippen LogP contribution in [0.25, 0.3) is 10.9 Å². The largest absolute Gasteiger partial charge is 0.345 e. The average molecular weight is 383 g/mol. The lowest BCUT2D eigenvalue weighted by Gasteiger charge is -2.34. The van der Waals surface area contributed by atoms with Crippen molar-refractivity contribution < 1.29 is 4.79 Å². The van der Waals surface area contributed by atoms with Crippen LogP contribution in [-0.2, 0) is 11.2 Å². The van der Waals surface area contributed by atoms with Gasteiger partial charge in [-0.25, -0.2) is 9.97 Å². The minimum absolute atomic E-state index is 0.125. The Morgan fingerprint density at radius 3 is 2.78 bits per heavy atom. The lowest BCUT2D eigenvalue weighted by Crippen LogP contribution is -2.48. The second kappa shape index (κ2) is 7.87. The summed E-state index contributed by atoms with van der Waals surface area (Å²) in [6.07, 6.45) is 3.54. The third-order valence-electron chi connectivity index (χ3n) is 4.79. The number of nitrogens with one attached hydrogen (secondary N) is 1. The molecule has 4 rings (SSSR count). The van der Waals surface area contributed by atoms with Gasteiger partial charge in [0.1, 0.15) is 5.82 Å². The SMILES string of the molecule is O=C(CCCc1nc2ccccc2c(=O)[nH]1)N1CCN(c2nccs2)CC1. The van der Waals surface area contributed by atoms with E-state index < -0.39 is 0 Å². The van der Waals surface area contributed by atoms with Crippen molar-refractivity contribution in [2.24, 2.45) is 0 Å². The highest BCUT2D eigenvalue weighted by Gasteiger charge is 2.22. The van der Waals surface area contributed by atoms with E-state index in [0.717, 1.165) is 31.3 Å². The van der Waals surface area contributed by atoms with Gasteiger partial charge in [0, 0.05) is 50.6 Å². The van der Waals surface area contributed by atoms with Crippen molar-refractivity contribution in [3.05, 3.63) is 52.0 Å². The summed E-state index contributed by atoms with van der Waals surface area (Å²) in [6.45, 7) is 3.09. The number of aromatic nitrogens is 3. The zero-order valence-electron chi connectivity index (χ0n) is 14.9. The van der Waals surface area contributed by atoms with Gasteiger partial charge in [-0.15, -0.1) is 11.3 Å². The fraction of sp³-hybridized carbons (Fsp3) is 0.368. The molecule has 1 N–H and O–H groups in total. The lowest BCUT2D eigenvalue weighted by atomic mass is 10.2. The van der Waals surface area contributed by atoms with Crippen molar-refractivity contribution in [3.8, 4) is 0 Å². The number of carbonyl (C=O) groups excluding carboxylic acids is 1. The molecule has 2 aromatic heterocycles. The number of anilines is 1. The van der Waals surface area contributed by atoms with Gasteiger partial charge in [0.2, 0.25) is 5.91 Å². The van der Waals surface area contributed by atoms with E-state index in [1.165, 1.54) is 0 Å². The van der Waals surface area contributed by atoms with Crippen LogP contribution in [0.2, 0.25) is 0 Å². The molecule has 1 aliphatic rings. The van der Waals surface area contributed by atoms with Crippen LogP contribution < -0.4 is 10.5 Å². The van der Waals surface area contributed by atoms with Crippen LogP contribution in [0.15, 0.2) is 40.6 Å². The number of amides is 1. The third-order valence-corrected chi connectivity index (χ3v) is 5.62. The van der Waals surface area contributed by atoms with Crippen LogP contribution in [0, 0.1) is 0 Å². The molecule has 1 aliphatic heterocycles. The number of carbonyl (C=O) groups is 1. The molecule has 27 heavy (non-hydrogen) atoms. The van der Waals surface area contributed by atoms with E-state index in [2.05, 4.69) is 19.9 Å². The Balaban J connectivity index is 1.28. The number of thiazole rings is 1. The van der Waals surface area contributed by atoms with E-state index in [1.54, 1.807) is 17.4 Å². The van der Waals surface area contributed by atoms with Crippen molar-refractivity contribution in [2.75, 3.05) is 31.1 Å². The number of hydrogen-bond acceptors (Lipinski definition) is 6. The molecule has 0 atom stereocenters. The smallest absolute Gasteiger partial charge is 0.258 e. The molecule has 140 valence electrons. The summed E-state index contributed by atoms with van der Waals surface area (Å²) in [4.78, 5) is 40.3. The molecular weight excluding hydrogens is 362 g/mol. The molecule has 0 unspecified atom stereocenters. The number of aryl methyl sites for hydroxylation is 1. The minimum Gasteiger partial charge on any atom is -0.345 e. The summed E-state index contributed by atoms with van der Waals surface area (Å²) in [6, 6.07) is 7.29. The first-order chi connectivity index (χ1) is 13.2. The van der Waals surface area contributed by atoms with Crippen LogP contribution >= 0.6 is 11.3 Å². The molecule has 0 spiro atoms. The first kappa shape index (κ1) is 17.7. The molecule has 0 aliphatic carbocycles. The Bertz CT molecular complexity index is 977. The molecule has 0 radical (unpaired) electrons. The lowest BCUT2D eigenvalue weighted by molar-refractivity contribution is -0.131. The maximum absolute atomic E-state index is 12.5. The number of para-hydroxylation sites is 1. The van der Waals surface area contributed by atoms with Crippen molar-refractivity contribution >= 4 is 33.3 Å². The minimum atomic E-state index is -0.125. The number of H-pyrrole nitrogens is 1. The van der Waals surface area contributed by atoms with Crippen molar-refractivity contribution in [1.29, 1.82) is 0 Å². The number of benzene rings is 1. The highest BCUT2D eigenvalue weighted by Crippen LogP contribution is 2.19. The molecule has 1 saturated heterocycles. The van der Waals surface area contributed by atoms with Gasteiger partial charge in [-0.2, -0.15) is 0 Å². The monoisotopic (exact) mass is 383 g/mol. The Hall–Kier alpha value is -2.74. The molecule has 3 aromatic rings. The first-order valence-corrected chi connectivity index (χ1v) is 9.99. The molecular formula is C19H21N5O2S. The number of aromatic amines is 1. The maximum Gasteiger partial charge on any atom is 0.258 e. The van der Waals surface area contributed by atoms with E-state index in [4.69, 9.17) is 0 Å². The number of rotatable bonds is 5. The fourth-order valence-corrected chi connectivity index (χ4v) is 4.03. The summed E-state index contributed by atoms with van der Waals surface area (Å²) in [5, 5.41) is 3.58. The normalized spacial score (nSPS) is 14.7. The maximum atomic E-state index is 12.5. The zero-order valence-corrected chi connectivity index (χ0v) is 15.7. The third kappa shape index (κ3) is 4.00. The van der Waals surface area contributed by atoms with E-state index in [1.807, 2.05) is 34.7 Å². The van der Waals surface area contributed by atoms with E-state index >= 15 is 0 Å². The number of nitrogens with zero attached hydrogens (tertiary/aromatic N) is 4. The van der Waals surface area contributed by atoms with Crippen LogP contribution in [0.4, 0.5) is 5.13 Å². The molecule has 3 heterocycles. The van der Waals surface area contributed by atoms with Gasteiger partial charge < -0.3 is 14.8 Å². The summed E-state index contributed by atoms with van der Waals surface area (Å²) in [5.74, 6) is 0.803. The Morgan fingerprint density at radius 1 is 1.19 bits per heavy atom. The molecule has 0 saturated carbocycles. The number of hydrogen-bond donors (Lipinski definition) is 1. The Morgan fingerprint density at radius 2 is 2.00 bits per heavy atom. The van der Waals surface area contributed by atoms with Crippen LogP contribution in [0.5, 0.6) is 0 Å². The molecule has 8 heteroatoms. The Kier molecular flexibility index (Phi) is 5.15. The molecule has 1 aromatic carbocycles. The predicted octanol–water partition coefficient (Wildman–Crippen LogP) is 2.05. The summed E-state index contributed by atoms with van der Waals surface area (Å²) < 4.78 is 0. The molecule has 0 bridgehead atoms. The quantitative estimate of drug-likeness (QED) is 0.729. The van der Waals surface area contributed by atoms with Crippen LogP contribution in [0.3, 0.4) is 0 Å². The number of fused-ring (bicyclic) bond motifs is 1. The second-order valence-electron chi connectivity index (χ2n) is 6.57. The molecule has 1 fully saturated rings. The van der Waals surface area contributed by atoms with Crippen LogP contribution in [0.1, 0.15) is 18.7 Å². The van der Waals surface area contributed by atoms with Gasteiger partial charge in [0.05, 0.1) is 10.9 Å². The predicted molar refractivity (Wildman–Crippen MR) is 106 cm³/mol. The molecule has 1 amide bonds. The van der Waals surface area contributed by atoms with Gasteiger partial charge in [-0.3, -0.25) is 9.59 Å². The zero-order chi connectivity index (χ0) is 18.6. The standard InChI is InChI=1S/C19H21N5O2S/c25-17(23-9-11-24(12-10-23)19-20-8-13-27-19)7-3-6-16-21-15-5-2-1-4-14(15)18(26)22-16/h1-2,4-5,8,13H,3,6-7,9-12H2,(H,21,22,26). The second-order valence-corrected chi connectivity index (χ2v) is 7.44. The molecule has 7 nitrogen and oxygen atoms in total. The van der Waals surface area contributed by atoms with Gasteiger partial charge in [0.15, 0.2) is 5.13 Å². The van der Waals surface area contributed by atoms with Crippen molar-refractivity contribution in [2.45, 2.75) is 19.3 Å². The van der Waals surface area contributed by atoms with Gasteiger partial charge in [-0.1, -0.05) is 12.1 Å². The highest BCUT2D eigenvalue weighted by molar-refractivity contribution is 7.13. The van der Waals surface area contributed by atoms with E-state index in [0.29, 0.717) is 36.0 Å². The van der Waals surface area contributed by atoms with E-state index in [-0.39, 0.29) is 11.5 Å². The Labute approximate surface area is 160 Å². The van der Waals surface area contributed by atoms with E-state index in [9.17, 15) is 9.59 Å². The topological polar surface area (TPSA) is 82.2 Å². The first-order valence-electron chi connectivity index (χ1n) is 9.11. The van der Waals surface area contributed by atoms with Crippen molar-refractivity contribution in [1.82, 2.24) is 19.9 Å². The summed E-state index contributed by atoms with van der Waals surface area (Å²) >= 11 is 1.63. The highest BCUT2D eigenvalue weighted by atomic mass is 32.1. The summed E-state index contributed by atoms with van der Waals surface area (Å²) in [7, 11) is 0. The average Bonchev–Trinajstić information content (AvgIpc) is 3.23. The van der Waals surface area contributed by atoms with Crippen LogP contribution in [-0.4, -0.2) is 51.9 Å². The van der Waals surface area contributed by atoms with Gasteiger partial charge in [-0.05, 0) is 18.6 Å². The van der Waals surface area contributed by atoms with Gasteiger partial charge >= 0.3 is 0 Å². The van der Waals surface area contributed by atoms with Crippen molar-refractivity contribution in [3.63, 3.8) is 0 Å². The van der Waals surface area contributed by atoms with Gasteiger partial charge in [0.25, 0.3) is 5.56 Å². The number of piperazine rings is 1. The summed E-state index contributed by atoms with van der Waals surface area (Å²) in [5.41, 5.74) is 0.570.